The first-order chi connectivity index (χ1) is 12.6. The van der Waals surface area contributed by atoms with Gasteiger partial charge in [0.1, 0.15) is 5.76 Å². The van der Waals surface area contributed by atoms with E-state index < -0.39 is 0 Å². The van der Waals surface area contributed by atoms with E-state index in [1.165, 1.54) is 0 Å². The Hall–Kier alpha value is -2.83. The second kappa shape index (κ2) is 6.82. The predicted molar refractivity (Wildman–Crippen MR) is 94.1 cm³/mol. The van der Waals surface area contributed by atoms with Crippen molar-refractivity contribution in [2.45, 2.75) is 38.6 Å². The number of rotatable bonds is 5. The Balaban J connectivity index is 1.40. The van der Waals surface area contributed by atoms with Crippen molar-refractivity contribution in [1.82, 2.24) is 20.2 Å². The molecule has 1 fully saturated rings. The SMILES string of the molecule is O=C1CCC2(CNC(=O)c3ccc(Cn4ccnc4)o3)CCCC=C2N1. The van der Waals surface area contributed by atoms with Crippen LogP contribution in [0.15, 0.2) is 47.0 Å². The maximum absolute atomic E-state index is 12.5. The van der Waals surface area contributed by atoms with E-state index in [4.69, 9.17) is 4.42 Å². The van der Waals surface area contributed by atoms with E-state index >= 15 is 0 Å². The number of aromatic nitrogens is 2. The minimum atomic E-state index is -0.224. The predicted octanol–water partition coefficient (Wildman–Crippen LogP) is 2.22. The summed E-state index contributed by atoms with van der Waals surface area (Å²) in [4.78, 5) is 28.2. The third kappa shape index (κ3) is 3.29. The Kier molecular flexibility index (Phi) is 4.36. The molecule has 136 valence electrons. The number of nitrogens with one attached hydrogen (secondary N) is 2. The van der Waals surface area contributed by atoms with Crippen LogP contribution in [0.1, 0.15) is 48.4 Å². The fraction of sp³-hybridized carbons (Fsp3) is 0.421. The van der Waals surface area contributed by atoms with Crippen LogP contribution in [0, 0.1) is 5.41 Å². The number of carbonyl (C=O) groups is 2. The highest BCUT2D eigenvalue weighted by Crippen LogP contribution is 2.42. The van der Waals surface area contributed by atoms with E-state index in [2.05, 4.69) is 21.7 Å². The molecule has 1 saturated heterocycles. The van der Waals surface area contributed by atoms with Gasteiger partial charge < -0.3 is 19.6 Å². The summed E-state index contributed by atoms with van der Waals surface area (Å²) in [6.07, 6.45) is 11.6. The molecular formula is C19H22N4O3. The first-order valence-electron chi connectivity index (χ1n) is 8.98. The van der Waals surface area contributed by atoms with Gasteiger partial charge in [0.25, 0.3) is 5.91 Å². The second-order valence-corrected chi connectivity index (χ2v) is 7.02. The van der Waals surface area contributed by atoms with Gasteiger partial charge in [0.15, 0.2) is 5.76 Å². The van der Waals surface area contributed by atoms with Crippen molar-refractivity contribution in [3.05, 3.63) is 54.1 Å². The molecule has 2 N–H and O–H groups in total. The highest BCUT2D eigenvalue weighted by molar-refractivity contribution is 5.91. The van der Waals surface area contributed by atoms with Gasteiger partial charge in [0, 0.05) is 36.5 Å². The summed E-state index contributed by atoms with van der Waals surface area (Å²) in [7, 11) is 0. The van der Waals surface area contributed by atoms with Crippen molar-refractivity contribution < 1.29 is 14.0 Å². The van der Waals surface area contributed by atoms with E-state index in [1.807, 2.05) is 10.8 Å². The summed E-state index contributed by atoms with van der Waals surface area (Å²) >= 11 is 0. The molecule has 0 spiro atoms. The van der Waals surface area contributed by atoms with Gasteiger partial charge in [-0.3, -0.25) is 9.59 Å². The topological polar surface area (TPSA) is 89.2 Å². The molecule has 4 rings (SSSR count). The van der Waals surface area contributed by atoms with Crippen molar-refractivity contribution in [2.75, 3.05) is 6.54 Å². The first-order valence-corrected chi connectivity index (χ1v) is 8.98. The van der Waals surface area contributed by atoms with Gasteiger partial charge in [-0.15, -0.1) is 0 Å². The number of imidazole rings is 1. The van der Waals surface area contributed by atoms with Crippen molar-refractivity contribution in [3.63, 3.8) is 0 Å². The standard InChI is InChI=1S/C19H22N4O3/c24-17-6-8-19(7-2-1-3-16(19)22-17)12-21-18(25)15-5-4-14(26-15)11-23-10-9-20-13-23/h3-5,9-10,13H,1-2,6-8,11-12H2,(H,21,25)(H,22,24). The van der Waals surface area contributed by atoms with Crippen LogP contribution in [-0.4, -0.2) is 27.9 Å². The van der Waals surface area contributed by atoms with Crippen molar-refractivity contribution in [1.29, 1.82) is 0 Å². The quantitative estimate of drug-likeness (QED) is 0.862. The van der Waals surface area contributed by atoms with Crippen LogP contribution in [0.3, 0.4) is 0 Å². The molecule has 2 aliphatic rings. The van der Waals surface area contributed by atoms with Gasteiger partial charge in [-0.05, 0) is 37.8 Å². The number of hydrogen-bond donors (Lipinski definition) is 2. The number of nitrogens with zero attached hydrogens (tertiary/aromatic N) is 2. The molecule has 7 nitrogen and oxygen atoms in total. The molecule has 0 saturated carbocycles. The van der Waals surface area contributed by atoms with Gasteiger partial charge in [0.05, 0.1) is 12.9 Å². The molecule has 0 radical (unpaired) electrons. The molecule has 0 bridgehead atoms. The van der Waals surface area contributed by atoms with Gasteiger partial charge in [-0.2, -0.15) is 0 Å². The van der Waals surface area contributed by atoms with E-state index in [1.54, 1.807) is 24.7 Å². The number of furan rings is 1. The molecule has 1 aliphatic heterocycles. The van der Waals surface area contributed by atoms with Crippen molar-refractivity contribution >= 4 is 11.8 Å². The third-order valence-electron chi connectivity index (χ3n) is 5.25. The minimum absolute atomic E-state index is 0.0651. The Morgan fingerprint density at radius 2 is 2.31 bits per heavy atom. The van der Waals surface area contributed by atoms with Crippen molar-refractivity contribution in [3.8, 4) is 0 Å². The summed E-state index contributed by atoms with van der Waals surface area (Å²) in [5.74, 6) is 0.848. The molecule has 1 aliphatic carbocycles. The molecule has 0 aromatic carbocycles. The van der Waals surface area contributed by atoms with Gasteiger partial charge >= 0.3 is 0 Å². The lowest BCUT2D eigenvalue weighted by Gasteiger charge is -2.42. The zero-order chi connectivity index (χ0) is 18.0. The van der Waals surface area contributed by atoms with E-state index in [0.717, 1.165) is 31.4 Å². The number of allylic oxidation sites excluding steroid dienone is 1. The summed E-state index contributed by atoms with van der Waals surface area (Å²) in [6.45, 7) is 1.05. The number of carbonyl (C=O) groups excluding carboxylic acids is 2. The van der Waals surface area contributed by atoms with Crippen LogP contribution < -0.4 is 10.6 Å². The number of fused-ring (bicyclic) bond motifs is 1. The Labute approximate surface area is 151 Å². The highest BCUT2D eigenvalue weighted by Gasteiger charge is 2.40. The second-order valence-electron chi connectivity index (χ2n) is 7.02. The van der Waals surface area contributed by atoms with Crippen LogP contribution in [0.25, 0.3) is 0 Å². The monoisotopic (exact) mass is 354 g/mol. The van der Waals surface area contributed by atoms with E-state index in [9.17, 15) is 9.59 Å². The third-order valence-corrected chi connectivity index (χ3v) is 5.25. The first kappa shape index (κ1) is 16.6. The molecule has 7 heteroatoms. The highest BCUT2D eigenvalue weighted by atomic mass is 16.4. The van der Waals surface area contributed by atoms with Crippen LogP contribution in [0.5, 0.6) is 0 Å². The average molecular weight is 354 g/mol. The number of amides is 2. The van der Waals surface area contributed by atoms with Crippen LogP contribution in [0.2, 0.25) is 0 Å². The molecule has 2 aromatic rings. The normalized spacial score (nSPS) is 22.3. The van der Waals surface area contributed by atoms with Gasteiger partial charge in [-0.1, -0.05) is 6.08 Å². The smallest absolute Gasteiger partial charge is 0.287 e. The Morgan fingerprint density at radius 1 is 1.38 bits per heavy atom. The number of hydrogen-bond acceptors (Lipinski definition) is 4. The maximum Gasteiger partial charge on any atom is 0.287 e. The molecular weight excluding hydrogens is 332 g/mol. The zero-order valence-electron chi connectivity index (χ0n) is 14.5. The minimum Gasteiger partial charge on any atom is -0.454 e. The average Bonchev–Trinajstić information content (AvgIpc) is 3.32. The van der Waals surface area contributed by atoms with Gasteiger partial charge in [-0.25, -0.2) is 4.98 Å². The van der Waals surface area contributed by atoms with Crippen LogP contribution in [0.4, 0.5) is 0 Å². The summed E-state index contributed by atoms with van der Waals surface area (Å²) < 4.78 is 7.54. The molecule has 2 amide bonds. The lowest BCUT2D eigenvalue weighted by molar-refractivity contribution is -0.122. The fourth-order valence-corrected chi connectivity index (χ4v) is 3.80. The fourth-order valence-electron chi connectivity index (χ4n) is 3.80. The van der Waals surface area contributed by atoms with Crippen LogP contribution >= 0.6 is 0 Å². The lowest BCUT2D eigenvalue weighted by atomic mass is 9.70. The van der Waals surface area contributed by atoms with E-state index in [0.29, 0.717) is 31.0 Å². The van der Waals surface area contributed by atoms with Gasteiger partial charge in [0.2, 0.25) is 5.91 Å². The van der Waals surface area contributed by atoms with Crippen molar-refractivity contribution in [2.24, 2.45) is 5.41 Å². The summed E-state index contributed by atoms with van der Waals surface area (Å²) in [5.41, 5.74) is 0.814. The molecule has 3 heterocycles. The Bertz CT molecular complexity index is 837. The molecule has 2 aromatic heterocycles. The molecule has 26 heavy (non-hydrogen) atoms. The Morgan fingerprint density at radius 3 is 3.15 bits per heavy atom. The lowest BCUT2D eigenvalue weighted by Crippen LogP contribution is -2.48. The number of piperidine rings is 1. The molecule has 1 atom stereocenters. The zero-order valence-corrected chi connectivity index (χ0v) is 14.5. The largest absolute Gasteiger partial charge is 0.454 e. The van der Waals surface area contributed by atoms with E-state index in [-0.39, 0.29) is 17.2 Å². The van der Waals surface area contributed by atoms with Crippen LogP contribution in [-0.2, 0) is 11.3 Å². The maximum atomic E-state index is 12.5. The summed E-state index contributed by atoms with van der Waals surface area (Å²) in [5, 5.41) is 5.99. The summed E-state index contributed by atoms with van der Waals surface area (Å²) in [6, 6.07) is 3.50. The molecule has 1 unspecified atom stereocenters.